The molecule has 6 heteroatoms. The molecule has 1 aliphatic rings. The van der Waals surface area contributed by atoms with E-state index in [-0.39, 0.29) is 11.9 Å². The standard InChI is InChI=1S/C13H19N3O3/c1-13(2,3)19-12(18)10-5-4-6-16(10)11(17)9-7-14-8-15-9/h7-8,10H,4-6H2,1-3H3,(H,14,15)/t10-/m0/s1. The van der Waals surface area contributed by atoms with Crippen LogP contribution in [0.4, 0.5) is 0 Å². The largest absolute Gasteiger partial charge is 0.458 e. The highest BCUT2D eigenvalue weighted by molar-refractivity contribution is 5.95. The molecule has 6 nitrogen and oxygen atoms in total. The number of hydrogen-bond acceptors (Lipinski definition) is 4. The van der Waals surface area contributed by atoms with Crippen molar-refractivity contribution in [2.45, 2.75) is 45.3 Å². The molecule has 0 aliphatic carbocycles. The minimum Gasteiger partial charge on any atom is -0.458 e. The van der Waals surface area contributed by atoms with Gasteiger partial charge in [0.2, 0.25) is 0 Å². The van der Waals surface area contributed by atoms with Gasteiger partial charge in [0, 0.05) is 6.54 Å². The Morgan fingerprint density at radius 3 is 2.79 bits per heavy atom. The molecule has 1 aromatic heterocycles. The summed E-state index contributed by atoms with van der Waals surface area (Å²) in [6, 6.07) is -0.491. The maximum Gasteiger partial charge on any atom is 0.329 e. The van der Waals surface area contributed by atoms with Crippen LogP contribution >= 0.6 is 0 Å². The smallest absolute Gasteiger partial charge is 0.329 e. The van der Waals surface area contributed by atoms with Crippen LogP contribution in [-0.4, -0.2) is 44.9 Å². The summed E-state index contributed by atoms with van der Waals surface area (Å²) in [4.78, 5) is 32.5. The summed E-state index contributed by atoms with van der Waals surface area (Å²) < 4.78 is 5.36. The van der Waals surface area contributed by atoms with Crippen molar-refractivity contribution in [3.63, 3.8) is 0 Å². The molecular formula is C13H19N3O3. The molecule has 0 radical (unpaired) electrons. The molecule has 0 bridgehead atoms. The van der Waals surface area contributed by atoms with Gasteiger partial charge in [-0.15, -0.1) is 0 Å². The van der Waals surface area contributed by atoms with Gasteiger partial charge in [-0.3, -0.25) is 4.79 Å². The third kappa shape index (κ3) is 3.13. The second kappa shape index (κ2) is 5.03. The monoisotopic (exact) mass is 265 g/mol. The average molecular weight is 265 g/mol. The van der Waals surface area contributed by atoms with Crippen LogP contribution < -0.4 is 0 Å². The van der Waals surface area contributed by atoms with E-state index < -0.39 is 11.6 Å². The SMILES string of the molecule is CC(C)(C)OC(=O)[C@@H]1CCCN1C(=O)c1cnc[nH]1. The number of H-pyrrole nitrogens is 1. The van der Waals surface area contributed by atoms with Gasteiger partial charge in [0.15, 0.2) is 0 Å². The zero-order valence-electron chi connectivity index (χ0n) is 11.5. The molecular weight excluding hydrogens is 246 g/mol. The fraction of sp³-hybridized carbons (Fsp3) is 0.615. The number of aromatic nitrogens is 2. The van der Waals surface area contributed by atoms with E-state index in [4.69, 9.17) is 4.74 Å². The van der Waals surface area contributed by atoms with Crippen LogP contribution in [-0.2, 0) is 9.53 Å². The van der Waals surface area contributed by atoms with Crippen LogP contribution in [0.25, 0.3) is 0 Å². The Labute approximate surface area is 112 Å². The van der Waals surface area contributed by atoms with Crippen molar-refractivity contribution in [3.8, 4) is 0 Å². The molecule has 1 N–H and O–H groups in total. The molecule has 104 valence electrons. The second-order valence-electron chi connectivity index (χ2n) is 5.66. The summed E-state index contributed by atoms with van der Waals surface area (Å²) in [5.74, 6) is -0.538. The van der Waals surface area contributed by atoms with E-state index in [0.717, 1.165) is 6.42 Å². The van der Waals surface area contributed by atoms with Gasteiger partial charge in [0.05, 0.1) is 12.5 Å². The zero-order chi connectivity index (χ0) is 14.0. The molecule has 1 amide bonds. The highest BCUT2D eigenvalue weighted by atomic mass is 16.6. The summed E-state index contributed by atoms with van der Waals surface area (Å²) in [7, 11) is 0. The number of imidazole rings is 1. The maximum atomic E-state index is 12.2. The van der Waals surface area contributed by atoms with Crippen molar-refractivity contribution in [3.05, 3.63) is 18.2 Å². The lowest BCUT2D eigenvalue weighted by Gasteiger charge is -2.27. The van der Waals surface area contributed by atoms with Crippen molar-refractivity contribution in [1.29, 1.82) is 0 Å². The maximum absolute atomic E-state index is 12.2. The Morgan fingerprint density at radius 2 is 2.21 bits per heavy atom. The van der Waals surface area contributed by atoms with Gasteiger partial charge in [0.25, 0.3) is 5.91 Å². The molecule has 1 aromatic rings. The fourth-order valence-corrected chi connectivity index (χ4v) is 2.15. The molecule has 19 heavy (non-hydrogen) atoms. The number of carbonyl (C=O) groups excluding carboxylic acids is 2. The summed E-state index contributed by atoms with van der Waals surface area (Å²) in [6.45, 7) is 6.03. The van der Waals surface area contributed by atoms with E-state index >= 15 is 0 Å². The molecule has 1 aliphatic heterocycles. The van der Waals surface area contributed by atoms with Gasteiger partial charge in [-0.1, -0.05) is 0 Å². The first-order chi connectivity index (χ1) is 8.88. The fourth-order valence-electron chi connectivity index (χ4n) is 2.15. The van der Waals surface area contributed by atoms with Gasteiger partial charge in [-0.05, 0) is 33.6 Å². The first-order valence-electron chi connectivity index (χ1n) is 6.41. The van der Waals surface area contributed by atoms with E-state index in [9.17, 15) is 9.59 Å². The number of amides is 1. The molecule has 1 fully saturated rings. The number of nitrogens with one attached hydrogen (secondary N) is 1. The Hall–Kier alpha value is -1.85. The highest BCUT2D eigenvalue weighted by Crippen LogP contribution is 2.22. The molecule has 2 rings (SSSR count). The van der Waals surface area contributed by atoms with Crippen LogP contribution in [0.1, 0.15) is 44.1 Å². The quantitative estimate of drug-likeness (QED) is 0.819. The van der Waals surface area contributed by atoms with Gasteiger partial charge in [-0.25, -0.2) is 9.78 Å². The predicted molar refractivity (Wildman–Crippen MR) is 68.5 cm³/mol. The van der Waals surface area contributed by atoms with E-state index in [1.54, 1.807) is 4.90 Å². The van der Waals surface area contributed by atoms with Crippen LogP contribution in [0.15, 0.2) is 12.5 Å². The minimum atomic E-state index is -0.539. The van der Waals surface area contributed by atoms with Gasteiger partial charge >= 0.3 is 5.97 Å². The number of ether oxygens (including phenoxy) is 1. The zero-order valence-corrected chi connectivity index (χ0v) is 11.5. The van der Waals surface area contributed by atoms with Crippen molar-refractivity contribution < 1.29 is 14.3 Å². The van der Waals surface area contributed by atoms with E-state index in [1.807, 2.05) is 20.8 Å². The van der Waals surface area contributed by atoms with E-state index in [0.29, 0.717) is 18.7 Å². The number of nitrogens with zero attached hydrogens (tertiary/aromatic N) is 2. The minimum absolute atomic E-state index is 0.203. The van der Waals surface area contributed by atoms with Crippen LogP contribution in [0.3, 0.4) is 0 Å². The van der Waals surface area contributed by atoms with Gasteiger partial charge in [-0.2, -0.15) is 0 Å². The lowest BCUT2D eigenvalue weighted by Crippen LogP contribution is -2.43. The molecule has 2 heterocycles. The van der Waals surface area contributed by atoms with Gasteiger partial charge < -0.3 is 14.6 Å². The number of rotatable bonds is 2. The van der Waals surface area contributed by atoms with Crippen molar-refractivity contribution in [1.82, 2.24) is 14.9 Å². The predicted octanol–water partition coefficient (Wildman–Crippen LogP) is 1.36. The summed E-state index contributed by atoms with van der Waals surface area (Å²) in [6.07, 6.45) is 4.37. The Balaban J connectivity index is 2.09. The molecule has 0 saturated carbocycles. The normalized spacial score (nSPS) is 19.5. The van der Waals surface area contributed by atoms with Crippen LogP contribution in [0.2, 0.25) is 0 Å². The van der Waals surface area contributed by atoms with Crippen molar-refractivity contribution in [2.75, 3.05) is 6.54 Å². The summed E-state index contributed by atoms with van der Waals surface area (Å²) >= 11 is 0. The highest BCUT2D eigenvalue weighted by Gasteiger charge is 2.37. The molecule has 0 unspecified atom stereocenters. The second-order valence-corrected chi connectivity index (χ2v) is 5.66. The number of esters is 1. The van der Waals surface area contributed by atoms with Crippen molar-refractivity contribution in [2.24, 2.45) is 0 Å². The number of carbonyl (C=O) groups is 2. The Bertz CT molecular complexity index is 462. The summed E-state index contributed by atoms with van der Waals surface area (Å²) in [5.41, 5.74) is -0.141. The lowest BCUT2D eigenvalue weighted by molar-refractivity contribution is -0.159. The van der Waals surface area contributed by atoms with Gasteiger partial charge in [0.1, 0.15) is 17.3 Å². The van der Waals surface area contributed by atoms with E-state index in [2.05, 4.69) is 9.97 Å². The number of hydrogen-bond donors (Lipinski definition) is 1. The molecule has 1 atom stereocenters. The average Bonchev–Trinajstić information content (AvgIpc) is 2.97. The topological polar surface area (TPSA) is 75.3 Å². The number of likely N-dealkylation sites (tertiary alicyclic amines) is 1. The van der Waals surface area contributed by atoms with Crippen LogP contribution in [0.5, 0.6) is 0 Å². The Morgan fingerprint density at radius 1 is 1.47 bits per heavy atom. The molecule has 1 saturated heterocycles. The molecule has 0 spiro atoms. The first kappa shape index (κ1) is 13.6. The van der Waals surface area contributed by atoms with Crippen LogP contribution in [0, 0.1) is 0 Å². The molecule has 0 aromatic carbocycles. The van der Waals surface area contributed by atoms with E-state index in [1.165, 1.54) is 12.5 Å². The lowest BCUT2D eigenvalue weighted by atomic mass is 10.1. The van der Waals surface area contributed by atoms with Crippen molar-refractivity contribution >= 4 is 11.9 Å². The third-order valence-electron chi connectivity index (χ3n) is 2.92. The third-order valence-corrected chi connectivity index (χ3v) is 2.92. The summed E-state index contributed by atoms with van der Waals surface area (Å²) in [5, 5.41) is 0. The first-order valence-corrected chi connectivity index (χ1v) is 6.41. The number of aromatic amines is 1. The Kier molecular flexibility index (Phi) is 3.59.